The van der Waals surface area contributed by atoms with Gasteiger partial charge < -0.3 is 5.32 Å². The molecule has 0 aliphatic carbocycles. The molecule has 6 heteroatoms. The Hall–Kier alpha value is -1.40. The van der Waals surface area contributed by atoms with Crippen molar-refractivity contribution in [2.45, 2.75) is 63.2 Å². The molecule has 1 N–H and O–H groups in total. The topological polar surface area (TPSA) is 66.5 Å². The second-order valence-electron chi connectivity index (χ2n) is 6.67. The number of carbonyl (C=O) groups excluding carboxylic acids is 1. The summed E-state index contributed by atoms with van der Waals surface area (Å²) in [5, 5.41) is 2.92. The summed E-state index contributed by atoms with van der Waals surface area (Å²) >= 11 is 0. The summed E-state index contributed by atoms with van der Waals surface area (Å²) in [5.41, 5.74) is 0.987. The number of nitrogens with one attached hydrogen (secondary N) is 1. The number of unbranched alkanes of at least 4 members (excludes halogenated alkanes) is 2. The highest BCUT2D eigenvalue weighted by atomic mass is 32.2. The zero-order chi connectivity index (χ0) is 18.1. The SMILES string of the molecule is CCCCCNC(=O)CCc1ccc(S(=O)(=O)N2CCCCC2)cc1. The number of hydrogen-bond acceptors (Lipinski definition) is 3. The number of amides is 1. The minimum atomic E-state index is -3.37. The molecular weight excluding hydrogens is 336 g/mol. The molecule has 0 spiro atoms. The maximum absolute atomic E-state index is 12.6. The number of aryl methyl sites for hydroxylation is 1. The fraction of sp³-hybridized carbons (Fsp3) is 0.632. The third-order valence-corrected chi connectivity index (χ3v) is 6.53. The molecule has 1 fully saturated rings. The van der Waals surface area contributed by atoms with E-state index < -0.39 is 10.0 Å². The molecule has 1 aliphatic rings. The molecule has 1 amide bonds. The van der Waals surface area contributed by atoms with Gasteiger partial charge in [-0.2, -0.15) is 4.31 Å². The minimum Gasteiger partial charge on any atom is -0.356 e. The van der Waals surface area contributed by atoms with Crippen molar-refractivity contribution in [3.8, 4) is 0 Å². The van der Waals surface area contributed by atoms with Gasteiger partial charge in [-0.1, -0.05) is 38.3 Å². The van der Waals surface area contributed by atoms with E-state index in [4.69, 9.17) is 0 Å². The van der Waals surface area contributed by atoms with Crippen molar-refractivity contribution in [2.24, 2.45) is 0 Å². The lowest BCUT2D eigenvalue weighted by molar-refractivity contribution is -0.121. The Bertz CT molecular complexity index is 635. The normalized spacial score (nSPS) is 15.9. The minimum absolute atomic E-state index is 0.0566. The van der Waals surface area contributed by atoms with Gasteiger partial charge in [-0.3, -0.25) is 4.79 Å². The molecule has 0 atom stereocenters. The molecule has 0 bridgehead atoms. The summed E-state index contributed by atoms with van der Waals surface area (Å²) in [7, 11) is -3.37. The molecule has 5 nitrogen and oxygen atoms in total. The van der Waals surface area contributed by atoms with E-state index in [0.717, 1.165) is 50.6 Å². The first-order valence-electron chi connectivity index (χ1n) is 9.40. The third kappa shape index (κ3) is 6.12. The largest absolute Gasteiger partial charge is 0.356 e. The van der Waals surface area contributed by atoms with Crippen LogP contribution in [0, 0.1) is 0 Å². The zero-order valence-corrected chi connectivity index (χ0v) is 16.0. The second kappa shape index (κ2) is 9.92. The Balaban J connectivity index is 1.84. The number of sulfonamides is 1. The van der Waals surface area contributed by atoms with Crippen LogP contribution in [-0.4, -0.2) is 38.3 Å². The van der Waals surface area contributed by atoms with E-state index in [2.05, 4.69) is 12.2 Å². The molecule has 1 aromatic carbocycles. The van der Waals surface area contributed by atoms with Crippen molar-refractivity contribution in [1.29, 1.82) is 0 Å². The maximum atomic E-state index is 12.6. The highest BCUT2D eigenvalue weighted by molar-refractivity contribution is 7.89. The summed E-state index contributed by atoms with van der Waals surface area (Å²) in [5.74, 6) is 0.0566. The first-order chi connectivity index (χ1) is 12.0. The molecule has 2 rings (SSSR count). The van der Waals surface area contributed by atoms with Crippen LogP contribution in [-0.2, 0) is 21.2 Å². The van der Waals surface area contributed by atoms with Gasteiger partial charge in [0.1, 0.15) is 0 Å². The van der Waals surface area contributed by atoms with E-state index in [0.29, 0.717) is 30.8 Å². The van der Waals surface area contributed by atoms with Gasteiger partial charge in [-0.25, -0.2) is 8.42 Å². The highest BCUT2D eigenvalue weighted by Crippen LogP contribution is 2.21. The molecule has 1 aromatic rings. The van der Waals surface area contributed by atoms with Crippen molar-refractivity contribution in [3.63, 3.8) is 0 Å². The lowest BCUT2D eigenvalue weighted by Crippen LogP contribution is -2.35. The van der Waals surface area contributed by atoms with E-state index in [-0.39, 0.29) is 5.91 Å². The molecule has 0 unspecified atom stereocenters. The van der Waals surface area contributed by atoms with Gasteiger partial charge in [-0.15, -0.1) is 0 Å². The van der Waals surface area contributed by atoms with E-state index in [1.165, 1.54) is 0 Å². The van der Waals surface area contributed by atoms with Crippen LogP contribution < -0.4 is 5.32 Å². The first-order valence-corrected chi connectivity index (χ1v) is 10.8. The molecule has 1 aliphatic heterocycles. The summed E-state index contributed by atoms with van der Waals surface area (Å²) in [6, 6.07) is 6.97. The Morgan fingerprint density at radius 3 is 2.40 bits per heavy atom. The average Bonchev–Trinajstić information content (AvgIpc) is 2.64. The van der Waals surface area contributed by atoms with Crippen molar-refractivity contribution < 1.29 is 13.2 Å². The standard InChI is InChI=1S/C19H30N2O3S/c1-2-3-5-14-20-19(22)13-10-17-8-11-18(12-9-17)25(23,24)21-15-6-4-7-16-21/h8-9,11-12H,2-7,10,13-16H2,1H3,(H,20,22). The number of piperidine rings is 1. The van der Waals surface area contributed by atoms with Gasteiger partial charge in [0.15, 0.2) is 0 Å². The Morgan fingerprint density at radius 2 is 1.76 bits per heavy atom. The predicted octanol–water partition coefficient (Wildman–Crippen LogP) is 3.10. The summed E-state index contributed by atoms with van der Waals surface area (Å²) in [6.07, 6.45) is 7.33. The van der Waals surface area contributed by atoms with Gasteiger partial charge >= 0.3 is 0 Å². The maximum Gasteiger partial charge on any atom is 0.243 e. The smallest absolute Gasteiger partial charge is 0.243 e. The monoisotopic (exact) mass is 366 g/mol. The second-order valence-corrected chi connectivity index (χ2v) is 8.60. The molecular formula is C19H30N2O3S. The number of benzene rings is 1. The molecule has 0 saturated carbocycles. The highest BCUT2D eigenvalue weighted by Gasteiger charge is 2.25. The molecule has 25 heavy (non-hydrogen) atoms. The molecule has 140 valence electrons. The van der Waals surface area contributed by atoms with Crippen LogP contribution in [0.3, 0.4) is 0 Å². The van der Waals surface area contributed by atoms with Crippen LogP contribution in [0.2, 0.25) is 0 Å². The van der Waals surface area contributed by atoms with E-state index in [1.54, 1.807) is 16.4 Å². The van der Waals surface area contributed by atoms with Gasteiger partial charge in [0.2, 0.25) is 15.9 Å². The summed E-state index contributed by atoms with van der Waals surface area (Å²) in [6.45, 7) is 4.10. The fourth-order valence-corrected chi connectivity index (χ4v) is 4.55. The molecule has 1 saturated heterocycles. The Kier molecular flexibility index (Phi) is 7.90. The molecule has 1 heterocycles. The Morgan fingerprint density at radius 1 is 1.08 bits per heavy atom. The van der Waals surface area contributed by atoms with Crippen molar-refractivity contribution in [3.05, 3.63) is 29.8 Å². The number of carbonyl (C=O) groups is 1. The van der Waals surface area contributed by atoms with Crippen LogP contribution in [0.4, 0.5) is 0 Å². The molecule has 0 aromatic heterocycles. The van der Waals surface area contributed by atoms with Crippen molar-refractivity contribution in [1.82, 2.24) is 9.62 Å². The zero-order valence-electron chi connectivity index (χ0n) is 15.2. The van der Waals surface area contributed by atoms with Gasteiger partial charge in [0.25, 0.3) is 0 Å². The quantitative estimate of drug-likeness (QED) is 0.683. The third-order valence-electron chi connectivity index (χ3n) is 4.62. The van der Waals surface area contributed by atoms with Crippen LogP contribution in [0.15, 0.2) is 29.2 Å². The van der Waals surface area contributed by atoms with Crippen LogP contribution in [0.1, 0.15) is 57.4 Å². The van der Waals surface area contributed by atoms with Gasteiger partial charge in [0.05, 0.1) is 4.90 Å². The first kappa shape index (κ1) is 19.9. The lowest BCUT2D eigenvalue weighted by Gasteiger charge is -2.25. The number of rotatable bonds is 9. The van der Waals surface area contributed by atoms with Gasteiger partial charge in [0, 0.05) is 26.1 Å². The lowest BCUT2D eigenvalue weighted by atomic mass is 10.1. The van der Waals surface area contributed by atoms with E-state index >= 15 is 0 Å². The predicted molar refractivity (Wildman–Crippen MR) is 99.9 cm³/mol. The number of nitrogens with zero attached hydrogens (tertiary/aromatic N) is 1. The Labute approximate surface area is 151 Å². The van der Waals surface area contributed by atoms with Crippen LogP contribution >= 0.6 is 0 Å². The summed E-state index contributed by atoms with van der Waals surface area (Å²) in [4.78, 5) is 12.1. The fourth-order valence-electron chi connectivity index (χ4n) is 3.03. The molecule has 0 radical (unpaired) electrons. The summed E-state index contributed by atoms with van der Waals surface area (Å²) < 4.78 is 26.8. The van der Waals surface area contributed by atoms with Crippen molar-refractivity contribution in [2.75, 3.05) is 19.6 Å². The van der Waals surface area contributed by atoms with Crippen molar-refractivity contribution >= 4 is 15.9 Å². The van der Waals surface area contributed by atoms with Crippen LogP contribution in [0.5, 0.6) is 0 Å². The van der Waals surface area contributed by atoms with E-state index in [1.807, 2.05) is 12.1 Å². The van der Waals surface area contributed by atoms with Gasteiger partial charge in [-0.05, 0) is 43.4 Å². The van der Waals surface area contributed by atoms with E-state index in [9.17, 15) is 13.2 Å². The van der Waals surface area contributed by atoms with Crippen LogP contribution in [0.25, 0.3) is 0 Å². The number of hydrogen-bond donors (Lipinski definition) is 1. The average molecular weight is 367 g/mol.